The number of ketones is 1. The highest BCUT2D eigenvalue weighted by molar-refractivity contribution is 6.04. The van der Waals surface area contributed by atoms with Crippen LogP contribution in [0.2, 0.25) is 0 Å². The fourth-order valence-electron chi connectivity index (χ4n) is 8.07. The van der Waals surface area contributed by atoms with Crippen LogP contribution in [0, 0.1) is 23.2 Å². The molecule has 0 unspecified atom stereocenters. The van der Waals surface area contributed by atoms with Gasteiger partial charge in [0, 0.05) is 35.3 Å². The molecule has 0 bridgehead atoms. The second-order valence-electron chi connectivity index (χ2n) is 11.4. The number of hydrogen-bond donors (Lipinski definition) is 0. The summed E-state index contributed by atoms with van der Waals surface area (Å²) in [6.45, 7) is 6.67. The number of benzene rings is 2. The summed E-state index contributed by atoms with van der Waals surface area (Å²) in [7, 11) is 12.9. The second kappa shape index (κ2) is 13.3. The molecule has 0 saturated heterocycles. The van der Waals surface area contributed by atoms with Gasteiger partial charge in [-0.3, -0.25) is 4.79 Å². The average molecular weight is 611 g/mol. The Labute approximate surface area is 261 Å². The first kappa shape index (κ1) is 32.9. The number of allylic oxidation sites excluding steroid dienone is 2. The van der Waals surface area contributed by atoms with Gasteiger partial charge in [0.1, 0.15) is 17.3 Å². The van der Waals surface area contributed by atoms with Crippen LogP contribution in [0.4, 0.5) is 0 Å². The molecule has 6 atom stereocenters. The Bertz CT molecular complexity index is 1430. The lowest BCUT2D eigenvalue weighted by molar-refractivity contribution is -0.115. The normalized spacial score (nSPS) is 26.3. The highest BCUT2D eigenvalue weighted by Crippen LogP contribution is 2.67. The highest BCUT2D eigenvalue weighted by atomic mass is 16.5. The molecule has 0 aliphatic heterocycles. The van der Waals surface area contributed by atoms with E-state index in [4.69, 9.17) is 37.9 Å². The summed E-state index contributed by atoms with van der Waals surface area (Å²) in [5, 5.41) is 0. The van der Waals surface area contributed by atoms with Crippen LogP contribution in [0.25, 0.3) is 0 Å². The van der Waals surface area contributed by atoms with Crippen LogP contribution in [0.5, 0.6) is 34.5 Å². The third-order valence-electron chi connectivity index (χ3n) is 9.77. The van der Waals surface area contributed by atoms with Crippen molar-refractivity contribution in [2.75, 3.05) is 56.9 Å². The molecule has 240 valence electrons. The van der Waals surface area contributed by atoms with E-state index in [0.29, 0.717) is 40.3 Å². The number of hydrogen-bond acceptors (Lipinski definition) is 9. The lowest BCUT2D eigenvalue weighted by Gasteiger charge is -2.58. The molecule has 1 fully saturated rings. The van der Waals surface area contributed by atoms with Crippen molar-refractivity contribution in [3.05, 3.63) is 59.1 Å². The first-order valence-electron chi connectivity index (χ1n) is 14.8. The smallest absolute Gasteiger partial charge is 0.223 e. The van der Waals surface area contributed by atoms with Crippen LogP contribution in [-0.4, -0.2) is 62.7 Å². The summed E-state index contributed by atoms with van der Waals surface area (Å²) < 4.78 is 46.7. The van der Waals surface area contributed by atoms with E-state index in [1.165, 1.54) is 7.11 Å². The van der Waals surface area contributed by atoms with Crippen molar-refractivity contribution in [3.63, 3.8) is 0 Å². The highest BCUT2D eigenvalue weighted by Gasteiger charge is 2.60. The van der Waals surface area contributed by atoms with Gasteiger partial charge in [-0.05, 0) is 41.9 Å². The minimum atomic E-state index is -0.769. The lowest BCUT2D eigenvalue weighted by Crippen LogP contribution is -2.52. The van der Waals surface area contributed by atoms with E-state index >= 15 is 0 Å². The Morgan fingerprint density at radius 2 is 1.09 bits per heavy atom. The van der Waals surface area contributed by atoms with Gasteiger partial charge in [-0.15, -0.1) is 0 Å². The molecular weight excluding hydrogens is 564 g/mol. The van der Waals surface area contributed by atoms with Crippen molar-refractivity contribution in [2.24, 2.45) is 23.2 Å². The molecule has 44 heavy (non-hydrogen) atoms. The van der Waals surface area contributed by atoms with Gasteiger partial charge in [0.25, 0.3) is 0 Å². The van der Waals surface area contributed by atoms with Gasteiger partial charge in [0.15, 0.2) is 28.8 Å². The summed E-state index contributed by atoms with van der Waals surface area (Å²) in [5.74, 6) is 4.08. The zero-order valence-electron chi connectivity index (χ0n) is 27.7. The Kier molecular flexibility index (Phi) is 9.96. The number of rotatable bonds is 11. The van der Waals surface area contributed by atoms with E-state index in [1.807, 2.05) is 30.3 Å². The molecule has 1 spiro atoms. The molecule has 2 aromatic carbocycles. The molecule has 1 saturated carbocycles. The molecule has 2 aliphatic carbocycles. The van der Waals surface area contributed by atoms with E-state index in [-0.39, 0.29) is 41.1 Å². The topological polar surface area (TPSA) is 90.9 Å². The molecule has 0 aromatic heterocycles. The Morgan fingerprint density at radius 1 is 0.614 bits per heavy atom. The van der Waals surface area contributed by atoms with Crippen LogP contribution in [0.15, 0.2) is 47.9 Å². The van der Waals surface area contributed by atoms with Gasteiger partial charge in [-0.2, -0.15) is 0 Å². The summed E-state index contributed by atoms with van der Waals surface area (Å²) in [6.07, 6.45) is 4.35. The van der Waals surface area contributed by atoms with Crippen LogP contribution >= 0.6 is 0 Å². The van der Waals surface area contributed by atoms with E-state index in [9.17, 15) is 4.79 Å². The predicted octanol–water partition coefficient (Wildman–Crippen LogP) is 6.55. The number of ether oxygens (including phenoxy) is 8. The van der Waals surface area contributed by atoms with Crippen molar-refractivity contribution >= 4 is 5.78 Å². The van der Waals surface area contributed by atoms with Crippen LogP contribution in [0.1, 0.15) is 50.2 Å². The predicted molar refractivity (Wildman–Crippen MR) is 167 cm³/mol. The SMILES string of the molecule is CC[C@@H]1[C@H](C)[C@H](c2cc(OC)c(OC)cc2OC)[C@@H](C)[C@H](c2cc(OC)c(OC)cc2OC)[C@]12C=C(OC)C(=O)C=C2OC. The second-order valence-corrected chi connectivity index (χ2v) is 11.4. The average Bonchev–Trinajstić information content (AvgIpc) is 3.04. The summed E-state index contributed by atoms with van der Waals surface area (Å²) in [4.78, 5) is 13.2. The molecular formula is C35H46O9. The lowest BCUT2D eigenvalue weighted by atomic mass is 9.46. The van der Waals surface area contributed by atoms with Gasteiger partial charge in [-0.1, -0.05) is 27.2 Å². The zero-order valence-corrected chi connectivity index (χ0v) is 27.7. The van der Waals surface area contributed by atoms with E-state index < -0.39 is 5.41 Å². The van der Waals surface area contributed by atoms with Gasteiger partial charge < -0.3 is 37.9 Å². The maximum absolute atomic E-state index is 13.2. The van der Waals surface area contributed by atoms with Crippen LogP contribution in [0.3, 0.4) is 0 Å². The van der Waals surface area contributed by atoms with E-state index in [1.54, 1.807) is 55.8 Å². The van der Waals surface area contributed by atoms with Gasteiger partial charge in [-0.25, -0.2) is 0 Å². The molecule has 2 aromatic rings. The van der Waals surface area contributed by atoms with E-state index in [2.05, 4.69) is 20.8 Å². The maximum atomic E-state index is 13.2. The van der Waals surface area contributed by atoms with Crippen molar-refractivity contribution < 1.29 is 42.7 Å². The third-order valence-corrected chi connectivity index (χ3v) is 9.77. The Balaban J connectivity index is 2.13. The molecule has 4 rings (SSSR count). The fraction of sp³-hybridized carbons (Fsp3) is 0.514. The number of carbonyl (C=O) groups excluding carboxylic acids is 1. The van der Waals surface area contributed by atoms with Crippen molar-refractivity contribution in [2.45, 2.75) is 39.0 Å². The van der Waals surface area contributed by atoms with Gasteiger partial charge in [0.05, 0.1) is 62.3 Å². The minimum absolute atomic E-state index is 0.00578. The third kappa shape index (κ3) is 5.10. The summed E-state index contributed by atoms with van der Waals surface area (Å²) >= 11 is 0. The largest absolute Gasteiger partial charge is 0.500 e. The number of methoxy groups -OCH3 is 8. The summed E-state index contributed by atoms with van der Waals surface area (Å²) in [6, 6.07) is 7.74. The molecule has 0 amide bonds. The van der Waals surface area contributed by atoms with Gasteiger partial charge >= 0.3 is 0 Å². The van der Waals surface area contributed by atoms with Crippen molar-refractivity contribution in [1.82, 2.24) is 0 Å². The molecule has 0 radical (unpaired) electrons. The molecule has 2 aliphatic rings. The molecule has 9 heteroatoms. The molecule has 0 heterocycles. The van der Waals surface area contributed by atoms with E-state index in [0.717, 1.165) is 17.5 Å². The standard InChI is InChI=1S/C35H46O9/c1-12-23-19(2)33(21-13-27(39-6)29(41-8)16-25(21)37-4)20(3)34(22-14-28(40-7)30(42-9)17-26(22)38-5)35(23)18-31(43-10)24(36)15-32(35)44-11/h13-20,23,33-34H,12H2,1-11H3/t19-,20+,23+,33-,34+,35+/m0/s1. The van der Waals surface area contributed by atoms with Gasteiger partial charge in [0.2, 0.25) is 5.78 Å². The monoisotopic (exact) mass is 610 g/mol. The number of carbonyl (C=O) groups is 1. The Hall–Kier alpha value is -4.01. The minimum Gasteiger partial charge on any atom is -0.500 e. The Morgan fingerprint density at radius 3 is 1.55 bits per heavy atom. The van der Waals surface area contributed by atoms with Crippen molar-refractivity contribution in [3.8, 4) is 34.5 Å². The quantitative estimate of drug-likeness (QED) is 0.281. The fourth-order valence-corrected chi connectivity index (χ4v) is 8.07. The van der Waals surface area contributed by atoms with Crippen LogP contribution in [-0.2, 0) is 14.3 Å². The molecule has 9 nitrogen and oxygen atoms in total. The first-order valence-corrected chi connectivity index (χ1v) is 14.8. The van der Waals surface area contributed by atoms with Crippen LogP contribution < -0.4 is 28.4 Å². The zero-order chi connectivity index (χ0) is 32.3. The summed E-state index contributed by atoms with van der Waals surface area (Å²) in [5.41, 5.74) is 1.14. The molecule has 0 N–H and O–H groups in total. The first-order chi connectivity index (χ1) is 21.1. The maximum Gasteiger partial charge on any atom is 0.223 e. The van der Waals surface area contributed by atoms with Crippen molar-refractivity contribution in [1.29, 1.82) is 0 Å².